The Labute approximate surface area is 144 Å². The van der Waals surface area contributed by atoms with Crippen LogP contribution in [0.4, 0.5) is 10.5 Å². The minimum Gasteiger partial charge on any atom is -0.871 e. The molecule has 1 amide bonds. The first kappa shape index (κ1) is 16.1. The van der Waals surface area contributed by atoms with Crippen molar-refractivity contribution in [1.29, 1.82) is 0 Å². The highest BCUT2D eigenvalue weighted by Crippen LogP contribution is 2.63. The first-order valence-electron chi connectivity index (χ1n) is 7.98. The highest BCUT2D eigenvalue weighted by atomic mass is 16.6. The monoisotopic (exact) mass is 349 g/mol. The summed E-state index contributed by atoms with van der Waals surface area (Å²) >= 11 is 0. The van der Waals surface area contributed by atoms with E-state index in [2.05, 4.69) is 5.32 Å². The van der Waals surface area contributed by atoms with Crippen LogP contribution >= 0.6 is 0 Å². The number of hydrogen-bond donors (Lipinski definition) is 2. The van der Waals surface area contributed by atoms with Crippen molar-refractivity contribution in [2.75, 3.05) is 32.3 Å². The van der Waals surface area contributed by atoms with E-state index < -0.39 is 17.7 Å². The second kappa shape index (κ2) is 5.06. The minimum atomic E-state index is -0.959. The number of fused-ring (bicyclic) bond motifs is 5. The molecule has 3 aliphatic heterocycles. The predicted octanol–water partition coefficient (Wildman–Crippen LogP) is -0.0834. The molecule has 25 heavy (non-hydrogen) atoms. The van der Waals surface area contributed by atoms with Crippen LogP contribution in [0.15, 0.2) is 0 Å². The van der Waals surface area contributed by atoms with Crippen LogP contribution in [-0.4, -0.2) is 51.3 Å². The van der Waals surface area contributed by atoms with E-state index in [9.17, 15) is 15.0 Å². The van der Waals surface area contributed by atoms with Gasteiger partial charge in [-0.3, -0.25) is 5.11 Å². The van der Waals surface area contributed by atoms with Gasteiger partial charge in [0.15, 0.2) is 11.5 Å². The number of ether oxygens (including phenoxy) is 3. The van der Waals surface area contributed by atoms with Crippen LogP contribution in [0.2, 0.25) is 0 Å². The number of rotatable bonds is 4. The summed E-state index contributed by atoms with van der Waals surface area (Å²) in [5.74, 6) is -1.27. The first-order valence-corrected chi connectivity index (χ1v) is 7.98. The van der Waals surface area contributed by atoms with Crippen molar-refractivity contribution in [3.63, 3.8) is 0 Å². The van der Waals surface area contributed by atoms with Gasteiger partial charge in [0.05, 0.1) is 19.1 Å². The van der Waals surface area contributed by atoms with Gasteiger partial charge in [-0.1, -0.05) is 5.75 Å². The van der Waals surface area contributed by atoms with Crippen LogP contribution in [0, 0.1) is 6.92 Å². The van der Waals surface area contributed by atoms with Gasteiger partial charge in [0.2, 0.25) is 5.75 Å². The zero-order valence-electron chi connectivity index (χ0n) is 14.1. The summed E-state index contributed by atoms with van der Waals surface area (Å²) in [7, 11) is 2.88. The smallest absolute Gasteiger partial charge is 0.404 e. The summed E-state index contributed by atoms with van der Waals surface area (Å²) < 4.78 is 16.0. The van der Waals surface area contributed by atoms with Crippen LogP contribution in [-0.2, 0) is 14.6 Å². The maximum absolute atomic E-state index is 13.0. The number of primary amides is 1. The Morgan fingerprint density at radius 3 is 2.80 bits per heavy atom. The van der Waals surface area contributed by atoms with Crippen molar-refractivity contribution in [1.82, 2.24) is 5.32 Å². The van der Waals surface area contributed by atoms with Gasteiger partial charge >= 0.3 is 6.09 Å². The molecule has 3 aliphatic rings. The fourth-order valence-corrected chi connectivity index (χ4v) is 4.51. The van der Waals surface area contributed by atoms with Crippen molar-refractivity contribution < 1.29 is 29.2 Å². The summed E-state index contributed by atoms with van der Waals surface area (Å²) in [6.07, 6.45) is -0.946. The lowest BCUT2D eigenvalue weighted by Gasteiger charge is -2.39. The molecule has 0 spiro atoms. The van der Waals surface area contributed by atoms with Crippen LogP contribution in [0.5, 0.6) is 17.2 Å². The van der Waals surface area contributed by atoms with Crippen molar-refractivity contribution in [2.45, 2.75) is 30.7 Å². The molecule has 2 fully saturated rings. The summed E-state index contributed by atoms with van der Waals surface area (Å²) in [5, 5.41) is 29.2. The van der Waals surface area contributed by atoms with E-state index in [-0.39, 0.29) is 47.1 Å². The number of nitrogens with one attached hydrogen (secondary N) is 1. The zero-order valence-corrected chi connectivity index (χ0v) is 14.1. The molecule has 1 radical (unpaired) electrons. The molecule has 135 valence electrons. The number of carbonyl (C=O) groups excluding carboxylic acids is 1. The number of carbonyl (C=O) groups is 1. The molecule has 9 heteroatoms. The largest absolute Gasteiger partial charge is 0.871 e. The Kier molecular flexibility index (Phi) is 3.26. The normalized spacial score (nSPS) is 31.3. The molecule has 1 aromatic rings. The molecular weight excluding hydrogens is 330 g/mol. The Morgan fingerprint density at radius 1 is 1.48 bits per heavy atom. The van der Waals surface area contributed by atoms with Gasteiger partial charge in [-0.15, -0.1) is 0 Å². The Balaban J connectivity index is 1.93. The average molecular weight is 349 g/mol. The molecule has 0 unspecified atom stereocenters. The molecular formula is C16H19N3O6-. The van der Waals surface area contributed by atoms with E-state index in [0.717, 1.165) is 0 Å². The van der Waals surface area contributed by atoms with Crippen LogP contribution < -0.4 is 25.8 Å². The molecule has 3 N–H and O–H groups in total. The third-order valence-electron chi connectivity index (χ3n) is 5.58. The van der Waals surface area contributed by atoms with E-state index in [1.54, 1.807) is 6.92 Å². The van der Waals surface area contributed by atoms with E-state index in [1.807, 2.05) is 4.90 Å². The summed E-state index contributed by atoms with van der Waals surface area (Å²) in [4.78, 5) is 13.0. The maximum Gasteiger partial charge on any atom is 0.404 e. The molecule has 0 saturated carbocycles. The zero-order chi connectivity index (χ0) is 18.1. The average Bonchev–Trinajstić information content (AvgIpc) is 3.18. The predicted molar refractivity (Wildman–Crippen MR) is 83.4 cm³/mol. The number of methoxy groups -OCH3 is 2. The summed E-state index contributed by atoms with van der Waals surface area (Å²) in [5.41, 5.74) is 5.00. The van der Waals surface area contributed by atoms with E-state index in [4.69, 9.17) is 19.9 Å². The van der Waals surface area contributed by atoms with Gasteiger partial charge in [0, 0.05) is 30.9 Å². The third-order valence-corrected chi connectivity index (χ3v) is 5.58. The molecule has 4 atom stereocenters. The number of nitrogens with two attached hydrogens (primary N) is 1. The molecule has 0 aliphatic carbocycles. The summed E-state index contributed by atoms with van der Waals surface area (Å²) in [6, 6.07) is 0.109. The number of benzene rings is 1. The van der Waals surface area contributed by atoms with Crippen LogP contribution in [0.25, 0.3) is 0 Å². The van der Waals surface area contributed by atoms with Gasteiger partial charge in [-0.2, -0.15) is 0 Å². The Morgan fingerprint density at radius 2 is 2.20 bits per heavy atom. The van der Waals surface area contributed by atoms with E-state index in [0.29, 0.717) is 12.2 Å². The Bertz CT molecular complexity index is 769. The van der Waals surface area contributed by atoms with Crippen molar-refractivity contribution in [3.8, 4) is 17.2 Å². The highest BCUT2D eigenvalue weighted by Gasteiger charge is 2.71. The number of nitrogens with zero attached hydrogens (tertiary/aromatic N) is 1. The maximum atomic E-state index is 13.0. The van der Waals surface area contributed by atoms with Gasteiger partial charge in [-0.25, -0.2) is 4.79 Å². The molecule has 1 aromatic carbocycles. The van der Waals surface area contributed by atoms with Gasteiger partial charge in [0.25, 0.3) is 0 Å². The van der Waals surface area contributed by atoms with Crippen molar-refractivity contribution in [2.24, 2.45) is 5.73 Å². The number of piperazine rings is 1. The minimum absolute atomic E-state index is 0.0144. The summed E-state index contributed by atoms with van der Waals surface area (Å²) in [6.45, 7) is 1.96. The fraction of sp³-hybridized carbons (Fsp3) is 0.562. The quantitative estimate of drug-likeness (QED) is 0.725. The number of anilines is 1. The van der Waals surface area contributed by atoms with Crippen molar-refractivity contribution in [3.05, 3.63) is 11.1 Å². The third kappa shape index (κ3) is 1.82. The van der Waals surface area contributed by atoms with Crippen LogP contribution in [0.3, 0.4) is 0 Å². The molecule has 0 bridgehead atoms. The van der Waals surface area contributed by atoms with E-state index in [1.165, 1.54) is 14.2 Å². The fourth-order valence-electron chi connectivity index (χ4n) is 4.51. The molecule has 4 rings (SSSR count). The van der Waals surface area contributed by atoms with Gasteiger partial charge in [-0.05, 0) is 12.5 Å². The SMILES string of the molecule is COc1c(C)c([O-])c2c(c1[O])[C@@H](COC(N)=O)[C@@]1(OC)[C@H]3N[C@H]3CN21. The highest BCUT2D eigenvalue weighted by molar-refractivity contribution is 5.81. The lowest BCUT2D eigenvalue weighted by Crippen LogP contribution is -2.54. The first-order chi connectivity index (χ1) is 11.9. The molecule has 9 nitrogen and oxygen atoms in total. The van der Waals surface area contributed by atoms with Gasteiger partial charge in [0.1, 0.15) is 6.61 Å². The molecule has 2 saturated heterocycles. The number of hydrogen-bond acceptors (Lipinski definition) is 7. The topological polar surface area (TPSA) is 139 Å². The Hall–Kier alpha value is -2.39. The second-order valence-corrected chi connectivity index (χ2v) is 6.58. The van der Waals surface area contributed by atoms with E-state index >= 15 is 0 Å². The molecule has 3 heterocycles. The lowest BCUT2D eigenvalue weighted by atomic mass is 9.88. The van der Waals surface area contributed by atoms with Crippen LogP contribution in [0.1, 0.15) is 17.0 Å². The lowest BCUT2D eigenvalue weighted by molar-refractivity contribution is -0.268. The second-order valence-electron chi connectivity index (χ2n) is 6.58. The van der Waals surface area contributed by atoms with Gasteiger partial charge < -0.3 is 35.3 Å². The van der Waals surface area contributed by atoms with Crippen molar-refractivity contribution >= 4 is 11.8 Å². The molecule has 0 aromatic heterocycles. The number of amides is 1. The standard InChI is InChI=1S/C16H20N3O6/c1-6-11(20)10-9(12(21)13(6)23-2)7(5-25-15(17)22)16(24-3)14-8(18-14)4-19(10)16/h7-8,14,18,20H,4-5H2,1-3H3,(H2,17,22)/p-1/t7-,8+,14+,16-/m1/s1.